The van der Waals surface area contributed by atoms with Gasteiger partial charge in [0.15, 0.2) is 0 Å². The van der Waals surface area contributed by atoms with E-state index in [4.69, 9.17) is 6.15 Å². The van der Waals surface area contributed by atoms with Crippen molar-refractivity contribution in [2.45, 2.75) is 11.4 Å². The Bertz CT molecular complexity index is 1450. The molecule has 7 heteroatoms. The van der Waals surface area contributed by atoms with Gasteiger partial charge in [-0.2, -0.15) is 0 Å². The summed E-state index contributed by atoms with van der Waals surface area (Å²) in [6, 6.07) is 31.3. The van der Waals surface area contributed by atoms with Crippen LogP contribution in [0.3, 0.4) is 0 Å². The summed E-state index contributed by atoms with van der Waals surface area (Å²) in [6.07, 6.45) is 0. The fourth-order valence-electron chi connectivity index (χ4n) is 3.94. The van der Waals surface area contributed by atoms with Gasteiger partial charge in [0.25, 0.3) is 0 Å². The van der Waals surface area contributed by atoms with E-state index in [0.717, 1.165) is 14.4 Å². The number of aromatic nitrogens is 2. The van der Waals surface area contributed by atoms with Crippen LogP contribution in [0.25, 0.3) is 21.8 Å². The predicted octanol–water partition coefficient (Wildman–Crippen LogP) is 5.17. The number of hydrogen-bond acceptors (Lipinski definition) is 6. The third-order valence-electron chi connectivity index (χ3n) is 5.81. The average molecular weight is 569 g/mol. The number of carbonyl (C=O) groups is 2. The predicted molar refractivity (Wildman–Crippen MR) is 137 cm³/mol. The molecule has 0 bridgehead atoms. The normalized spacial score (nSPS) is 11.3. The molecule has 0 N–H and O–H groups in total. The van der Waals surface area contributed by atoms with E-state index in [1.807, 2.05) is 97.9 Å². The SMILES string of the molecule is C[CH2][Sn]([O]C(=O)c1ccc2ccccc2n1)([O]C(=O)c1ccc2ccccc2n1)[c]1ccccc1. The van der Waals surface area contributed by atoms with Crippen molar-refractivity contribution in [3.63, 3.8) is 0 Å². The second-order valence-electron chi connectivity index (χ2n) is 8.03. The zero-order chi connectivity index (χ0) is 24.3. The first-order valence-electron chi connectivity index (χ1n) is 11.3. The van der Waals surface area contributed by atoms with E-state index >= 15 is 0 Å². The van der Waals surface area contributed by atoms with Crippen LogP contribution in [0, 0.1) is 0 Å². The van der Waals surface area contributed by atoms with Crippen molar-refractivity contribution in [3.05, 3.63) is 115 Å². The van der Waals surface area contributed by atoms with Crippen LogP contribution in [0.15, 0.2) is 103 Å². The fraction of sp³-hybridized carbons (Fsp3) is 0.0714. The van der Waals surface area contributed by atoms with E-state index in [1.54, 1.807) is 12.1 Å². The Balaban J connectivity index is 1.50. The molecule has 0 unspecified atom stereocenters. The summed E-state index contributed by atoms with van der Waals surface area (Å²) in [5, 5.41) is 1.84. The minimum absolute atomic E-state index is 0.175. The molecule has 0 saturated carbocycles. The monoisotopic (exact) mass is 570 g/mol. The Morgan fingerprint density at radius 1 is 0.629 bits per heavy atom. The van der Waals surface area contributed by atoms with Crippen molar-refractivity contribution < 1.29 is 15.7 Å². The minimum atomic E-state index is -4.52. The fourth-order valence-corrected chi connectivity index (χ4v) is 11.0. The number of hydrogen-bond donors (Lipinski definition) is 0. The van der Waals surface area contributed by atoms with Gasteiger partial charge in [-0.25, -0.2) is 0 Å². The van der Waals surface area contributed by atoms with E-state index in [2.05, 4.69) is 9.97 Å². The van der Waals surface area contributed by atoms with Crippen molar-refractivity contribution in [3.8, 4) is 0 Å². The van der Waals surface area contributed by atoms with Crippen LogP contribution in [-0.4, -0.2) is 41.1 Å². The van der Waals surface area contributed by atoms with E-state index in [1.165, 1.54) is 0 Å². The molecule has 0 aliphatic heterocycles. The second kappa shape index (κ2) is 9.83. The van der Waals surface area contributed by atoms with Crippen LogP contribution < -0.4 is 3.58 Å². The van der Waals surface area contributed by atoms with Crippen molar-refractivity contribution in [1.82, 2.24) is 9.97 Å². The van der Waals surface area contributed by atoms with Crippen molar-refractivity contribution in [2.75, 3.05) is 0 Å². The summed E-state index contributed by atoms with van der Waals surface area (Å²) < 4.78 is 13.4. The molecule has 0 radical (unpaired) electrons. The molecule has 2 heterocycles. The van der Waals surface area contributed by atoms with Gasteiger partial charge in [-0.05, 0) is 0 Å². The molecule has 0 spiro atoms. The molecule has 0 saturated heterocycles. The van der Waals surface area contributed by atoms with Crippen LogP contribution in [-0.2, 0) is 6.15 Å². The molecule has 0 amide bonds. The molecular formula is C28H22N2O4Sn. The van der Waals surface area contributed by atoms with Crippen molar-refractivity contribution >= 4 is 56.5 Å². The van der Waals surface area contributed by atoms with Gasteiger partial charge in [-0.1, -0.05) is 0 Å². The molecule has 5 rings (SSSR count). The maximum absolute atomic E-state index is 13.3. The van der Waals surface area contributed by atoms with Gasteiger partial charge in [0.2, 0.25) is 0 Å². The van der Waals surface area contributed by atoms with E-state index in [9.17, 15) is 9.59 Å². The first kappa shape index (κ1) is 23.0. The van der Waals surface area contributed by atoms with Gasteiger partial charge in [0.05, 0.1) is 0 Å². The molecule has 2 aromatic heterocycles. The molecule has 35 heavy (non-hydrogen) atoms. The average Bonchev–Trinajstić information content (AvgIpc) is 2.92. The van der Waals surface area contributed by atoms with Gasteiger partial charge >= 0.3 is 208 Å². The summed E-state index contributed by atoms with van der Waals surface area (Å²) in [7, 11) is 0. The number of fused-ring (bicyclic) bond motifs is 2. The first-order valence-corrected chi connectivity index (χ1v) is 17.1. The Labute approximate surface area is 207 Å². The summed E-state index contributed by atoms with van der Waals surface area (Å²) in [5.74, 6) is -1.20. The zero-order valence-corrected chi connectivity index (χ0v) is 21.9. The van der Waals surface area contributed by atoms with Gasteiger partial charge in [-0.15, -0.1) is 0 Å². The summed E-state index contributed by atoms with van der Waals surface area (Å²) >= 11 is -4.52. The van der Waals surface area contributed by atoms with Crippen LogP contribution >= 0.6 is 0 Å². The molecular weight excluding hydrogens is 547 g/mol. The van der Waals surface area contributed by atoms with E-state index in [-0.39, 0.29) is 11.4 Å². The van der Waals surface area contributed by atoms with Crippen molar-refractivity contribution in [2.24, 2.45) is 0 Å². The third kappa shape index (κ3) is 4.74. The number of pyridine rings is 2. The number of para-hydroxylation sites is 2. The quantitative estimate of drug-likeness (QED) is 0.263. The zero-order valence-electron chi connectivity index (χ0n) is 19.0. The molecule has 0 atom stereocenters. The van der Waals surface area contributed by atoms with Crippen LogP contribution in [0.4, 0.5) is 0 Å². The number of rotatable bonds is 6. The van der Waals surface area contributed by atoms with Gasteiger partial charge in [-0.3, -0.25) is 0 Å². The summed E-state index contributed by atoms with van der Waals surface area (Å²) in [6.45, 7) is 1.88. The number of carbonyl (C=O) groups excluding carboxylic acids is 2. The van der Waals surface area contributed by atoms with Gasteiger partial charge < -0.3 is 0 Å². The molecule has 172 valence electrons. The van der Waals surface area contributed by atoms with E-state index in [0.29, 0.717) is 15.5 Å². The Hall–Kier alpha value is -3.78. The molecule has 6 nitrogen and oxygen atoms in total. The standard InChI is InChI=1S/2C10H7NO2.C6H5.C2H5.Sn/c2*12-10(13)9-6-5-7-3-1-2-4-8(7)11-9;1-2-4-6-5-3-1;1-2;/h2*1-6H,(H,12,13);1-5H;1H2,2H3;/q;;;;+2/p-2. The second-order valence-corrected chi connectivity index (χ2v) is 17.2. The Morgan fingerprint density at radius 3 is 1.57 bits per heavy atom. The summed E-state index contributed by atoms with van der Waals surface area (Å²) in [5.41, 5.74) is 1.73. The maximum atomic E-state index is 13.3. The van der Waals surface area contributed by atoms with Crippen LogP contribution in [0.1, 0.15) is 27.9 Å². The molecule has 5 aromatic rings. The molecule has 3 aromatic carbocycles. The summed E-state index contributed by atoms with van der Waals surface area (Å²) in [4.78, 5) is 35.5. The van der Waals surface area contributed by atoms with Gasteiger partial charge in [0.1, 0.15) is 0 Å². The van der Waals surface area contributed by atoms with Gasteiger partial charge in [0, 0.05) is 0 Å². The molecule has 0 fully saturated rings. The van der Waals surface area contributed by atoms with Crippen LogP contribution in [0.5, 0.6) is 0 Å². The van der Waals surface area contributed by atoms with E-state index < -0.39 is 31.1 Å². The Kier molecular flexibility index (Phi) is 6.46. The number of benzene rings is 3. The third-order valence-corrected chi connectivity index (χ3v) is 14.9. The first-order chi connectivity index (χ1) is 17.1. The molecule has 0 aliphatic rings. The number of nitrogens with zero attached hydrogens (tertiary/aromatic N) is 2. The topological polar surface area (TPSA) is 78.4 Å². The Morgan fingerprint density at radius 2 is 1.09 bits per heavy atom. The molecule has 0 aliphatic carbocycles. The van der Waals surface area contributed by atoms with Crippen LogP contribution in [0.2, 0.25) is 4.44 Å². The van der Waals surface area contributed by atoms with Crippen molar-refractivity contribution in [1.29, 1.82) is 0 Å².